The Morgan fingerprint density at radius 2 is 1.83 bits per heavy atom. The van der Waals surface area contributed by atoms with Crippen molar-refractivity contribution >= 4 is 17.5 Å². The minimum Gasteiger partial charge on any atom is -0.332 e. The topological polar surface area (TPSA) is 70.2 Å². The maximum absolute atomic E-state index is 13.7. The van der Waals surface area contributed by atoms with Gasteiger partial charge >= 0.3 is 6.18 Å². The van der Waals surface area contributed by atoms with Crippen LogP contribution in [-0.2, 0) is 6.18 Å². The quantitative estimate of drug-likeness (QED) is 0.642. The van der Waals surface area contributed by atoms with Gasteiger partial charge in [0.2, 0.25) is 0 Å². The average Bonchev–Trinajstić information content (AvgIpc) is 3.30. The third-order valence-electron chi connectivity index (χ3n) is 5.41. The molecular formula is C21H19F4N3O2. The summed E-state index contributed by atoms with van der Waals surface area (Å²) in [7, 11) is 0. The normalized spacial score (nSPS) is 18.9. The molecular weight excluding hydrogens is 402 g/mol. The van der Waals surface area contributed by atoms with E-state index in [-0.39, 0.29) is 17.6 Å². The summed E-state index contributed by atoms with van der Waals surface area (Å²) in [6.45, 7) is 0. The molecule has 3 N–H and O–H groups in total. The zero-order valence-electron chi connectivity index (χ0n) is 15.8. The SMILES string of the molecule is O=C(Nc1cccc2c1[C@H](NC1CCCC1)NC2=O)c1cc(F)cc(C(F)(F)F)c1. The van der Waals surface area contributed by atoms with Crippen LogP contribution in [0.25, 0.3) is 0 Å². The molecule has 0 saturated heterocycles. The van der Waals surface area contributed by atoms with E-state index in [1.165, 1.54) is 0 Å². The number of fused-ring (bicyclic) bond motifs is 1. The molecule has 1 saturated carbocycles. The van der Waals surface area contributed by atoms with E-state index in [2.05, 4.69) is 16.0 Å². The number of benzene rings is 2. The number of halogens is 4. The first-order valence-corrected chi connectivity index (χ1v) is 9.61. The molecule has 0 spiro atoms. The molecule has 2 amide bonds. The molecule has 2 aromatic carbocycles. The van der Waals surface area contributed by atoms with Crippen LogP contribution in [0.15, 0.2) is 36.4 Å². The highest BCUT2D eigenvalue weighted by atomic mass is 19.4. The number of hydrogen-bond donors (Lipinski definition) is 3. The lowest BCUT2D eigenvalue weighted by Gasteiger charge is -2.21. The monoisotopic (exact) mass is 421 g/mol. The molecule has 158 valence electrons. The lowest BCUT2D eigenvalue weighted by Crippen LogP contribution is -2.37. The average molecular weight is 421 g/mol. The van der Waals surface area contributed by atoms with Crippen molar-refractivity contribution in [3.8, 4) is 0 Å². The van der Waals surface area contributed by atoms with Crippen molar-refractivity contribution in [1.82, 2.24) is 10.6 Å². The number of alkyl halides is 3. The van der Waals surface area contributed by atoms with Crippen molar-refractivity contribution in [2.75, 3.05) is 5.32 Å². The van der Waals surface area contributed by atoms with Gasteiger partial charge in [-0.15, -0.1) is 0 Å². The summed E-state index contributed by atoms with van der Waals surface area (Å²) in [4.78, 5) is 24.9. The standard InChI is InChI=1S/C21H19F4N3O2/c22-13-9-11(8-12(10-13)21(23,24)25)19(29)27-16-7-3-6-15-17(16)18(28-20(15)30)26-14-4-1-2-5-14/h3,6-10,14,18,26H,1-2,4-5H2,(H,27,29)(H,28,30)/t18-/m1/s1. The molecule has 0 radical (unpaired) electrons. The molecule has 1 atom stereocenters. The van der Waals surface area contributed by atoms with Crippen molar-refractivity contribution in [2.45, 2.75) is 44.1 Å². The summed E-state index contributed by atoms with van der Waals surface area (Å²) in [5.41, 5.74) is -0.529. The van der Waals surface area contributed by atoms with Gasteiger partial charge < -0.3 is 10.6 Å². The number of amides is 2. The molecule has 9 heteroatoms. The van der Waals surface area contributed by atoms with Crippen LogP contribution in [0, 0.1) is 5.82 Å². The van der Waals surface area contributed by atoms with Crippen molar-refractivity contribution in [2.24, 2.45) is 0 Å². The zero-order chi connectivity index (χ0) is 21.5. The van der Waals surface area contributed by atoms with E-state index >= 15 is 0 Å². The summed E-state index contributed by atoms with van der Waals surface area (Å²) in [5, 5.41) is 8.73. The van der Waals surface area contributed by atoms with Gasteiger partial charge in [0.05, 0.1) is 5.56 Å². The molecule has 1 fully saturated rings. The minimum absolute atomic E-state index is 0.225. The Hall–Kier alpha value is -2.94. The predicted octanol–water partition coefficient (Wildman–Crippen LogP) is 4.37. The Kier molecular flexibility index (Phi) is 5.23. The molecule has 1 aliphatic heterocycles. The van der Waals surface area contributed by atoms with Crippen LogP contribution in [0.2, 0.25) is 0 Å². The van der Waals surface area contributed by atoms with Gasteiger partial charge in [0.25, 0.3) is 11.8 Å². The second-order valence-corrected chi connectivity index (χ2v) is 7.50. The van der Waals surface area contributed by atoms with Gasteiger partial charge in [0.15, 0.2) is 0 Å². The van der Waals surface area contributed by atoms with Crippen LogP contribution in [0.4, 0.5) is 23.2 Å². The highest BCUT2D eigenvalue weighted by Gasteiger charge is 2.34. The first-order chi connectivity index (χ1) is 14.2. The lowest BCUT2D eigenvalue weighted by atomic mass is 10.0. The van der Waals surface area contributed by atoms with E-state index in [0.717, 1.165) is 31.7 Å². The molecule has 4 rings (SSSR count). The molecule has 2 aliphatic rings. The number of carbonyl (C=O) groups excluding carboxylic acids is 2. The highest BCUT2D eigenvalue weighted by Crippen LogP contribution is 2.34. The fourth-order valence-corrected chi connectivity index (χ4v) is 4.00. The number of anilines is 1. The van der Waals surface area contributed by atoms with Crippen LogP contribution in [-0.4, -0.2) is 17.9 Å². The number of nitrogens with one attached hydrogen (secondary N) is 3. The van der Waals surface area contributed by atoms with E-state index in [1.807, 2.05) is 0 Å². The van der Waals surface area contributed by atoms with Crippen LogP contribution < -0.4 is 16.0 Å². The molecule has 0 unspecified atom stereocenters. The van der Waals surface area contributed by atoms with E-state index in [1.54, 1.807) is 18.2 Å². The van der Waals surface area contributed by atoms with Crippen LogP contribution in [0.1, 0.15) is 63.7 Å². The van der Waals surface area contributed by atoms with Crippen molar-refractivity contribution < 1.29 is 27.2 Å². The third kappa shape index (κ3) is 4.02. The van der Waals surface area contributed by atoms with Gasteiger partial charge in [-0.3, -0.25) is 14.9 Å². The fourth-order valence-electron chi connectivity index (χ4n) is 4.00. The summed E-state index contributed by atoms with van der Waals surface area (Å²) in [5.74, 6) is -2.36. The van der Waals surface area contributed by atoms with Crippen LogP contribution in [0.3, 0.4) is 0 Å². The van der Waals surface area contributed by atoms with E-state index in [9.17, 15) is 27.2 Å². The number of hydrogen-bond acceptors (Lipinski definition) is 3. The maximum atomic E-state index is 13.7. The fraction of sp³-hybridized carbons (Fsp3) is 0.333. The Balaban J connectivity index is 1.62. The summed E-state index contributed by atoms with van der Waals surface area (Å²) < 4.78 is 52.5. The largest absolute Gasteiger partial charge is 0.416 e. The molecule has 0 bridgehead atoms. The van der Waals surface area contributed by atoms with Gasteiger partial charge in [-0.1, -0.05) is 18.9 Å². The van der Waals surface area contributed by atoms with Gasteiger partial charge in [-0.05, 0) is 43.2 Å². The van der Waals surface area contributed by atoms with Gasteiger partial charge in [0.1, 0.15) is 12.0 Å². The molecule has 30 heavy (non-hydrogen) atoms. The second kappa shape index (κ2) is 7.71. The first-order valence-electron chi connectivity index (χ1n) is 9.61. The Labute approximate surface area is 169 Å². The third-order valence-corrected chi connectivity index (χ3v) is 5.41. The van der Waals surface area contributed by atoms with Crippen LogP contribution >= 0.6 is 0 Å². The van der Waals surface area contributed by atoms with Crippen molar-refractivity contribution in [1.29, 1.82) is 0 Å². The highest BCUT2D eigenvalue weighted by molar-refractivity contribution is 6.07. The summed E-state index contributed by atoms with van der Waals surface area (Å²) >= 11 is 0. The van der Waals surface area contributed by atoms with E-state index in [0.29, 0.717) is 23.3 Å². The first kappa shape index (κ1) is 20.3. The summed E-state index contributed by atoms with van der Waals surface area (Å²) in [6, 6.07) is 6.64. The van der Waals surface area contributed by atoms with Crippen molar-refractivity contribution in [3.63, 3.8) is 0 Å². The smallest absolute Gasteiger partial charge is 0.332 e. The number of rotatable bonds is 4. The van der Waals surface area contributed by atoms with Crippen LogP contribution in [0.5, 0.6) is 0 Å². The lowest BCUT2D eigenvalue weighted by molar-refractivity contribution is -0.137. The molecule has 2 aromatic rings. The van der Waals surface area contributed by atoms with Gasteiger partial charge in [-0.2, -0.15) is 13.2 Å². The van der Waals surface area contributed by atoms with E-state index in [4.69, 9.17) is 0 Å². The van der Waals surface area contributed by atoms with Gasteiger partial charge in [0, 0.05) is 28.4 Å². The second-order valence-electron chi connectivity index (χ2n) is 7.50. The van der Waals surface area contributed by atoms with E-state index < -0.39 is 35.2 Å². The van der Waals surface area contributed by atoms with Crippen molar-refractivity contribution in [3.05, 3.63) is 64.5 Å². The molecule has 0 aromatic heterocycles. The summed E-state index contributed by atoms with van der Waals surface area (Å²) in [6.07, 6.45) is -1.18. The molecule has 5 nitrogen and oxygen atoms in total. The van der Waals surface area contributed by atoms with Gasteiger partial charge in [-0.25, -0.2) is 4.39 Å². The molecule has 1 aliphatic carbocycles. The number of carbonyl (C=O) groups is 2. The zero-order valence-corrected chi connectivity index (χ0v) is 15.8. The predicted molar refractivity (Wildman–Crippen MR) is 101 cm³/mol. The Morgan fingerprint density at radius 1 is 1.10 bits per heavy atom. The Bertz CT molecular complexity index is 1000. The Morgan fingerprint density at radius 3 is 2.53 bits per heavy atom. The minimum atomic E-state index is -4.78. The molecule has 1 heterocycles. The maximum Gasteiger partial charge on any atom is 0.416 e.